The SMILES string of the molecule is CC1(C)c2ccccc2-c2ccc(N(c3ccc4c(c3)-c3c(-c5ccccc5)cccc3C43C4CC5CC(C4)CC3C5)c3cccc4oc5ccccc5c34)cc21. The minimum absolute atomic E-state index is 0.0797. The summed E-state index contributed by atoms with van der Waals surface area (Å²) < 4.78 is 6.55. The summed E-state index contributed by atoms with van der Waals surface area (Å²) in [6, 6.07) is 57.3. The molecule has 0 N–H and O–H groups in total. The van der Waals surface area contributed by atoms with Gasteiger partial charge in [0, 0.05) is 27.6 Å². The second kappa shape index (κ2) is 11.4. The maximum atomic E-state index is 6.55. The fraction of sp³-hybridized carbons (Fsp3) is 0.236. The number of para-hydroxylation sites is 1. The molecule has 276 valence electrons. The lowest BCUT2D eigenvalue weighted by Gasteiger charge is -2.61. The number of anilines is 3. The number of hydrogen-bond acceptors (Lipinski definition) is 2. The zero-order valence-corrected chi connectivity index (χ0v) is 32.6. The molecule has 6 aliphatic carbocycles. The fourth-order valence-electron chi connectivity index (χ4n) is 13.4. The molecule has 6 aliphatic rings. The van der Waals surface area contributed by atoms with Crippen molar-refractivity contribution in [3.8, 4) is 33.4 Å². The molecule has 2 nitrogen and oxygen atoms in total. The summed E-state index contributed by atoms with van der Waals surface area (Å²) in [5, 5.41) is 2.30. The Hall–Kier alpha value is -5.86. The Morgan fingerprint density at radius 3 is 1.98 bits per heavy atom. The maximum Gasteiger partial charge on any atom is 0.137 e. The molecule has 7 aromatic carbocycles. The number of nitrogens with zero attached hydrogens (tertiary/aromatic N) is 1. The van der Waals surface area contributed by atoms with Crippen molar-refractivity contribution in [1.82, 2.24) is 0 Å². The Balaban J connectivity index is 1.09. The Kier molecular flexibility index (Phi) is 6.44. The molecule has 0 atom stereocenters. The van der Waals surface area contributed by atoms with Crippen LogP contribution in [0.1, 0.15) is 68.2 Å². The van der Waals surface area contributed by atoms with Crippen LogP contribution in [0.25, 0.3) is 55.3 Å². The predicted molar refractivity (Wildman–Crippen MR) is 235 cm³/mol. The van der Waals surface area contributed by atoms with Crippen molar-refractivity contribution >= 4 is 39.0 Å². The molecule has 0 radical (unpaired) electrons. The third-order valence-electron chi connectivity index (χ3n) is 15.4. The number of rotatable bonds is 4. The number of fused-ring (bicyclic) bond motifs is 9. The zero-order valence-electron chi connectivity index (χ0n) is 32.6. The number of benzene rings is 7. The summed E-state index contributed by atoms with van der Waals surface area (Å²) in [4.78, 5) is 2.54. The average Bonchev–Trinajstić information content (AvgIpc) is 3.84. The van der Waals surface area contributed by atoms with Gasteiger partial charge in [-0.2, -0.15) is 0 Å². The van der Waals surface area contributed by atoms with Gasteiger partial charge in [-0.1, -0.05) is 123 Å². The summed E-state index contributed by atoms with van der Waals surface area (Å²) in [7, 11) is 0. The van der Waals surface area contributed by atoms with Gasteiger partial charge in [0.05, 0.1) is 11.1 Å². The molecule has 0 amide bonds. The van der Waals surface area contributed by atoms with E-state index in [9.17, 15) is 0 Å². The zero-order chi connectivity index (χ0) is 37.6. The van der Waals surface area contributed by atoms with Crippen LogP contribution in [-0.4, -0.2) is 0 Å². The Labute approximate surface area is 334 Å². The molecule has 0 unspecified atom stereocenters. The van der Waals surface area contributed by atoms with Gasteiger partial charge in [0.25, 0.3) is 0 Å². The van der Waals surface area contributed by atoms with Gasteiger partial charge in [-0.15, -0.1) is 0 Å². The van der Waals surface area contributed by atoms with Crippen molar-refractivity contribution in [1.29, 1.82) is 0 Å². The van der Waals surface area contributed by atoms with Crippen LogP contribution in [-0.2, 0) is 10.8 Å². The van der Waals surface area contributed by atoms with Crippen LogP contribution in [0.4, 0.5) is 17.1 Å². The van der Waals surface area contributed by atoms with Crippen LogP contribution in [0.15, 0.2) is 156 Å². The standard InChI is InChI=1S/C55H45NO/c1-54(2)45-17-8-6-14-41(45)42-24-22-39(32-48(42)54)56(49-19-11-21-51-53(49)43-15-7-9-20-50(43)57-51)38-23-25-46-44(31-38)52-40(35-12-4-3-5-13-35)16-10-18-47(52)55(46)36-27-33-26-34(29-36)30-37(55)28-33/h3-25,31-34,36-37H,26-30H2,1-2H3. The first-order chi connectivity index (χ1) is 28.0. The van der Waals surface area contributed by atoms with E-state index in [0.717, 1.165) is 39.5 Å². The maximum absolute atomic E-state index is 6.55. The Morgan fingerprint density at radius 2 is 1.14 bits per heavy atom. The molecule has 1 spiro atoms. The van der Waals surface area contributed by atoms with Crippen molar-refractivity contribution in [2.45, 2.75) is 56.8 Å². The summed E-state index contributed by atoms with van der Waals surface area (Å²) in [5.74, 6) is 3.21. The first kappa shape index (κ1) is 32.2. The van der Waals surface area contributed by atoms with Crippen molar-refractivity contribution in [3.63, 3.8) is 0 Å². The molecule has 0 saturated heterocycles. The molecule has 4 saturated carbocycles. The summed E-state index contributed by atoms with van der Waals surface area (Å²) in [6.07, 6.45) is 6.95. The third-order valence-corrected chi connectivity index (χ3v) is 15.4. The number of hydrogen-bond donors (Lipinski definition) is 0. The highest BCUT2D eigenvalue weighted by molar-refractivity contribution is 6.13. The Morgan fingerprint density at radius 1 is 0.491 bits per heavy atom. The third kappa shape index (κ3) is 4.21. The van der Waals surface area contributed by atoms with E-state index in [4.69, 9.17) is 4.42 Å². The molecule has 1 aromatic heterocycles. The van der Waals surface area contributed by atoms with Crippen LogP contribution in [0.3, 0.4) is 0 Å². The van der Waals surface area contributed by atoms with Crippen LogP contribution in [0.5, 0.6) is 0 Å². The largest absolute Gasteiger partial charge is 0.456 e. The quantitative estimate of drug-likeness (QED) is 0.179. The molecule has 0 aliphatic heterocycles. The summed E-state index contributed by atoms with van der Waals surface area (Å²) >= 11 is 0. The molecular formula is C55H45NO. The van der Waals surface area contributed by atoms with E-state index in [1.54, 1.807) is 11.1 Å². The van der Waals surface area contributed by atoms with Crippen molar-refractivity contribution in [2.24, 2.45) is 23.7 Å². The monoisotopic (exact) mass is 735 g/mol. The van der Waals surface area contributed by atoms with Gasteiger partial charge in [-0.3, -0.25) is 0 Å². The minimum Gasteiger partial charge on any atom is -0.456 e. The van der Waals surface area contributed by atoms with E-state index < -0.39 is 0 Å². The highest BCUT2D eigenvalue weighted by Crippen LogP contribution is 2.70. The van der Waals surface area contributed by atoms with Gasteiger partial charge in [0.2, 0.25) is 0 Å². The molecule has 4 bridgehead atoms. The minimum atomic E-state index is -0.116. The summed E-state index contributed by atoms with van der Waals surface area (Å²) in [6.45, 7) is 4.77. The first-order valence-electron chi connectivity index (χ1n) is 21.3. The lowest BCUT2D eigenvalue weighted by atomic mass is 9.43. The highest BCUT2D eigenvalue weighted by atomic mass is 16.3. The van der Waals surface area contributed by atoms with E-state index in [1.807, 2.05) is 0 Å². The molecular weight excluding hydrogens is 691 g/mol. The molecule has 4 fully saturated rings. The van der Waals surface area contributed by atoms with E-state index in [1.165, 1.54) is 88.0 Å². The topological polar surface area (TPSA) is 16.4 Å². The van der Waals surface area contributed by atoms with E-state index in [2.05, 4.69) is 170 Å². The van der Waals surface area contributed by atoms with Gasteiger partial charge in [-0.25, -0.2) is 0 Å². The van der Waals surface area contributed by atoms with Gasteiger partial charge >= 0.3 is 0 Å². The van der Waals surface area contributed by atoms with Crippen LogP contribution >= 0.6 is 0 Å². The van der Waals surface area contributed by atoms with Crippen molar-refractivity contribution in [2.75, 3.05) is 4.90 Å². The van der Waals surface area contributed by atoms with E-state index >= 15 is 0 Å². The van der Waals surface area contributed by atoms with Gasteiger partial charge in [0.1, 0.15) is 11.2 Å². The smallest absolute Gasteiger partial charge is 0.137 e. The molecule has 14 rings (SSSR count). The van der Waals surface area contributed by atoms with Gasteiger partial charge in [-0.05, 0) is 154 Å². The lowest BCUT2D eigenvalue weighted by Crippen LogP contribution is -2.55. The predicted octanol–water partition coefficient (Wildman–Crippen LogP) is 14.8. The summed E-state index contributed by atoms with van der Waals surface area (Å²) in [5.41, 5.74) is 19.5. The van der Waals surface area contributed by atoms with Crippen LogP contribution in [0, 0.1) is 23.7 Å². The van der Waals surface area contributed by atoms with Gasteiger partial charge < -0.3 is 9.32 Å². The molecule has 2 heteroatoms. The molecule has 8 aromatic rings. The van der Waals surface area contributed by atoms with E-state index in [-0.39, 0.29) is 10.8 Å². The Bertz CT molecular complexity index is 2940. The highest BCUT2D eigenvalue weighted by Gasteiger charge is 2.61. The molecule has 1 heterocycles. The molecule has 57 heavy (non-hydrogen) atoms. The van der Waals surface area contributed by atoms with Crippen LogP contribution in [0.2, 0.25) is 0 Å². The number of furan rings is 1. The first-order valence-corrected chi connectivity index (χ1v) is 21.3. The van der Waals surface area contributed by atoms with Crippen molar-refractivity contribution < 1.29 is 4.42 Å². The fourth-order valence-corrected chi connectivity index (χ4v) is 13.4. The lowest BCUT2D eigenvalue weighted by molar-refractivity contribution is -0.0399. The van der Waals surface area contributed by atoms with E-state index in [0.29, 0.717) is 11.8 Å². The normalized spacial score (nSPS) is 24.2. The van der Waals surface area contributed by atoms with Crippen LogP contribution < -0.4 is 4.90 Å². The van der Waals surface area contributed by atoms with Crippen molar-refractivity contribution in [3.05, 3.63) is 174 Å². The second-order valence-electron chi connectivity index (χ2n) is 18.5. The van der Waals surface area contributed by atoms with Gasteiger partial charge in [0.15, 0.2) is 0 Å². The second-order valence-corrected chi connectivity index (χ2v) is 18.5. The average molecular weight is 736 g/mol.